The standard InChI is InChI=1S/C9H17NO4S/c1-2-14-9(11)7-15(12,13)6-5-10-8-3-4-8/h8,10H,2-7H2,1H3. The molecular formula is C9H17NO4S. The van der Waals surface area contributed by atoms with E-state index >= 15 is 0 Å². The molecule has 0 bridgehead atoms. The Balaban J connectivity index is 2.20. The lowest BCUT2D eigenvalue weighted by Crippen LogP contribution is -2.28. The minimum Gasteiger partial charge on any atom is -0.465 e. The summed E-state index contributed by atoms with van der Waals surface area (Å²) >= 11 is 0. The molecule has 15 heavy (non-hydrogen) atoms. The molecule has 1 N–H and O–H groups in total. The fourth-order valence-electron chi connectivity index (χ4n) is 1.16. The van der Waals surface area contributed by atoms with E-state index in [-0.39, 0.29) is 12.4 Å². The van der Waals surface area contributed by atoms with Crippen LogP contribution in [0.2, 0.25) is 0 Å². The minimum absolute atomic E-state index is 0.00230. The lowest BCUT2D eigenvalue weighted by Gasteiger charge is -2.04. The summed E-state index contributed by atoms with van der Waals surface area (Å²) in [6.45, 7) is 2.29. The Labute approximate surface area is 90.1 Å². The van der Waals surface area contributed by atoms with E-state index in [0.29, 0.717) is 12.6 Å². The third-order valence-corrected chi connectivity index (χ3v) is 3.57. The average Bonchev–Trinajstić information content (AvgIpc) is 2.86. The molecule has 0 spiro atoms. The van der Waals surface area contributed by atoms with E-state index in [2.05, 4.69) is 10.1 Å². The van der Waals surface area contributed by atoms with Crippen molar-refractivity contribution < 1.29 is 17.9 Å². The maximum Gasteiger partial charge on any atom is 0.321 e. The highest BCUT2D eigenvalue weighted by Gasteiger charge is 2.22. The van der Waals surface area contributed by atoms with E-state index in [4.69, 9.17) is 0 Å². The first kappa shape index (κ1) is 12.4. The molecule has 1 aliphatic carbocycles. The maximum atomic E-state index is 11.4. The van der Waals surface area contributed by atoms with Crippen molar-refractivity contribution in [1.29, 1.82) is 0 Å². The van der Waals surface area contributed by atoms with Gasteiger partial charge in [0.2, 0.25) is 0 Å². The Morgan fingerprint density at radius 2 is 2.13 bits per heavy atom. The predicted octanol–water partition coefficient (Wildman–Crippen LogP) is -0.284. The van der Waals surface area contributed by atoms with Crippen molar-refractivity contribution in [3.8, 4) is 0 Å². The van der Waals surface area contributed by atoms with Crippen LogP contribution in [0.25, 0.3) is 0 Å². The molecule has 1 fully saturated rings. The van der Waals surface area contributed by atoms with Gasteiger partial charge in [0.05, 0.1) is 12.4 Å². The summed E-state index contributed by atoms with van der Waals surface area (Å²) in [5, 5.41) is 3.09. The van der Waals surface area contributed by atoms with Crippen LogP contribution in [-0.2, 0) is 19.4 Å². The van der Waals surface area contributed by atoms with Gasteiger partial charge in [-0.15, -0.1) is 0 Å². The van der Waals surface area contributed by atoms with Crippen LogP contribution in [0.15, 0.2) is 0 Å². The van der Waals surface area contributed by atoms with Gasteiger partial charge in [-0.3, -0.25) is 4.79 Å². The summed E-state index contributed by atoms with van der Waals surface area (Å²) in [6.07, 6.45) is 2.25. The number of carbonyl (C=O) groups is 1. The molecule has 1 saturated carbocycles. The van der Waals surface area contributed by atoms with Gasteiger partial charge in [0.1, 0.15) is 5.75 Å². The van der Waals surface area contributed by atoms with Gasteiger partial charge < -0.3 is 10.1 Å². The average molecular weight is 235 g/mol. The topological polar surface area (TPSA) is 72.5 Å². The summed E-state index contributed by atoms with van der Waals surface area (Å²) in [6, 6.07) is 0.489. The van der Waals surface area contributed by atoms with Gasteiger partial charge in [0, 0.05) is 12.6 Å². The van der Waals surface area contributed by atoms with Crippen molar-refractivity contribution in [2.45, 2.75) is 25.8 Å². The molecule has 0 aromatic carbocycles. The van der Waals surface area contributed by atoms with Crippen LogP contribution in [0.1, 0.15) is 19.8 Å². The van der Waals surface area contributed by atoms with E-state index in [1.807, 2.05) is 0 Å². The summed E-state index contributed by atoms with van der Waals surface area (Å²) in [7, 11) is -3.31. The second-order valence-electron chi connectivity index (χ2n) is 3.63. The molecule has 0 aromatic rings. The first-order valence-electron chi connectivity index (χ1n) is 5.13. The Kier molecular flexibility index (Phi) is 4.53. The Morgan fingerprint density at radius 3 is 2.67 bits per heavy atom. The summed E-state index contributed by atoms with van der Waals surface area (Å²) < 4.78 is 27.3. The normalized spacial score (nSPS) is 16.3. The number of rotatable bonds is 7. The van der Waals surface area contributed by atoms with Crippen LogP contribution >= 0.6 is 0 Å². The van der Waals surface area contributed by atoms with Gasteiger partial charge in [-0.1, -0.05) is 0 Å². The number of ether oxygens (including phenoxy) is 1. The second-order valence-corrected chi connectivity index (χ2v) is 5.81. The maximum absolute atomic E-state index is 11.4. The largest absolute Gasteiger partial charge is 0.465 e. The fraction of sp³-hybridized carbons (Fsp3) is 0.889. The molecule has 88 valence electrons. The third-order valence-electron chi connectivity index (χ3n) is 2.07. The molecule has 0 aliphatic heterocycles. The van der Waals surface area contributed by atoms with Crippen LogP contribution in [-0.4, -0.2) is 45.1 Å². The molecule has 0 amide bonds. The number of carbonyl (C=O) groups excluding carboxylic acids is 1. The van der Waals surface area contributed by atoms with Crippen molar-refractivity contribution in [2.75, 3.05) is 24.7 Å². The molecule has 1 aliphatic rings. The summed E-state index contributed by atoms with van der Waals surface area (Å²) in [4.78, 5) is 10.9. The number of hydrogen-bond acceptors (Lipinski definition) is 5. The van der Waals surface area contributed by atoms with Gasteiger partial charge in [0.25, 0.3) is 0 Å². The van der Waals surface area contributed by atoms with E-state index in [1.165, 1.54) is 0 Å². The number of sulfone groups is 1. The van der Waals surface area contributed by atoms with Gasteiger partial charge in [-0.2, -0.15) is 0 Å². The zero-order valence-corrected chi connectivity index (χ0v) is 9.68. The summed E-state index contributed by atoms with van der Waals surface area (Å²) in [5.41, 5.74) is 0. The first-order chi connectivity index (χ1) is 7.03. The van der Waals surface area contributed by atoms with Crippen LogP contribution in [0.3, 0.4) is 0 Å². The highest BCUT2D eigenvalue weighted by molar-refractivity contribution is 7.92. The van der Waals surface area contributed by atoms with Gasteiger partial charge in [-0.05, 0) is 19.8 Å². The Hall–Kier alpha value is -0.620. The first-order valence-corrected chi connectivity index (χ1v) is 6.95. The van der Waals surface area contributed by atoms with Crippen LogP contribution < -0.4 is 5.32 Å². The van der Waals surface area contributed by atoms with Crippen LogP contribution in [0, 0.1) is 0 Å². The Morgan fingerprint density at radius 1 is 1.47 bits per heavy atom. The second kappa shape index (κ2) is 5.46. The molecule has 0 aromatic heterocycles. The zero-order chi connectivity index (χ0) is 11.3. The fourth-order valence-corrected chi connectivity index (χ4v) is 2.18. The van der Waals surface area contributed by atoms with E-state index in [9.17, 15) is 13.2 Å². The molecule has 6 heteroatoms. The minimum atomic E-state index is -3.31. The highest BCUT2D eigenvalue weighted by atomic mass is 32.2. The zero-order valence-electron chi connectivity index (χ0n) is 8.86. The highest BCUT2D eigenvalue weighted by Crippen LogP contribution is 2.18. The number of esters is 1. The molecule has 0 atom stereocenters. The van der Waals surface area contributed by atoms with Crippen molar-refractivity contribution in [3.63, 3.8) is 0 Å². The van der Waals surface area contributed by atoms with Gasteiger partial charge >= 0.3 is 5.97 Å². The van der Waals surface area contributed by atoms with Crippen molar-refractivity contribution in [2.24, 2.45) is 0 Å². The molecule has 1 rings (SSSR count). The molecule has 0 heterocycles. The third kappa shape index (κ3) is 5.74. The van der Waals surface area contributed by atoms with Crippen LogP contribution in [0.4, 0.5) is 0 Å². The number of hydrogen-bond donors (Lipinski definition) is 1. The molecule has 5 nitrogen and oxygen atoms in total. The lowest BCUT2D eigenvalue weighted by atomic mass is 10.6. The van der Waals surface area contributed by atoms with Crippen LogP contribution in [0.5, 0.6) is 0 Å². The predicted molar refractivity (Wildman–Crippen MR) is 56.3 cm³/mol. The van der Waals surface area contributed by atoms with Crippen molar-refractivity contribution in [3.05, 3.63) is 0 Å². The Bertz CT molecular complexity index is 308. The van der Waals surface area contributed by atoms with Crippen molar-refractivity contribution in [1.82, 2.24) is 5.32 Å². The monoisotopic (exact) mass is 235 g/mol. The molecular weight excluding hydrogens is 218 g/mol. The van der Waals surface area contributed by atoms with Crippen molar-refractivity contribution >= 4 is 15.8 Å². The molecule has 0 radical (unpaired) electrons. The smallest absolute Gasteiger partial charge is 0.321 e. The van der Waals surface area contributed by atoms with Gasteiger partial charge in [0.15, 0.2) is 9.84 Å². The SMILES string of the molecule is CCOC(=O)CS(=O)(=O)CCNC1CC1. The quantitative estimate of drug-likeness (QED) is 0.614. The number of nitrogens with one attached hydrogen (secondary N) is 1. The summed E-state index contributed by atoms with van der Waals surface area (Å²) in [5.74, 6) is -1.17. The molecule has 0 unspecified atom stereocenters. The van der Waals surface area contributed by atoms with E-state index < -0.39 is 21.6 Å². The molecule has 0 saturated heterocycles. The van der Waals surface area contributed by atoms with E-state index in [0.717, 1.165) is 12.8 Å². The van der Waals surface area contributed by atoms with E-state index in [1.54, 1.807) is 6.92 Å². The van der Waals surface area contributed by atoms with Gasteiger partial charge in [-0.25, -0.2) is 8.42 Å². The lowest BCUT2D eigenvalue weighted by molar-refractivity contribution is -0.139.